The summed E-state index contributed by atoms with van der Waals surface area (Å²) in [5.41, 5.74) is 1.92. The molecule has 1 unspecified atom stereocenters. The first-order valence-corrected chi connectivity index (χ1v) is 6.91. The zero-order chi connectivity index (χ0) is 15.4. The highest BCUT2D eigenvalue weighted by Gasteiger charge is 2.18. The van der Waals surface area contributed by atoms with E-state index in [0.29, 0.717) is 0 Å². The first-order valence-electron chi connectivity index (χ1n) is 6.91. The van der Waals surface area contributed by atoms with Gasteiger partial charge in [-0.1, -0.05) is 35.9 Å². The van der Waals surface area contributed by atoms with E-state index in [2.05, 4.69) is 5.32 Å². The normalized spacial score (nSPS) is 14.0. The lowest BCUT2D eigenvalue weighted by Crippen LogP contribution is -2.25. The maximum atomic E-state index is 13.6. The molecule has 0 aliphatic rings. The summed E-state index contributed by atoms with van der Waals surface area (Å²) in [7, 11) is 0. The zero-order valence-electron chi connectivity index (χ0n) is 12.1. The highest BCUT2D eigenvalue weighted by atomic mass is 19.1. The Kier molecular flexibility index (Phi) is 5.04. The van der Waals surface area contributed by atoms with E-state index in [9.17, 15) is 13.9 Å². The van der Waals surface area contributed by atoms with E-state index >= 15 is 0 Å². The molecule has 0 saturated carbocycles. The molecule has 4 heteroatoms. The van der Waals surface area contributed by atoms with Crippen LogP contribution in [0.3, 0.4) is 0 Å². The van der Waals surface area contributed by atoms with Crippen molar-refractivity contribution in [1.29, 1.82) is 0 Å². The molecular formula is C17H19F2NO. The molecule has 21 heavy (non-hydrogen) atoms. The average Bonchev–Trinajstić information content (AvgIpc) is 2.44. The molecule has 2 rings (SSSR count). The predicted octanol–water partition coefficient (Wildman–Crippen LogP) is 3.66. The highest BCUT2D eigenvalue weighted by molar-refractivity contribution is 5.25. The zero-order valence-corrected chi connectivity index (χ0v) is 12.1. The van der Waals surface area contributed by atoms with Crippen LogP contribution in [0.25, 0.3) is 0 Å². The first-order chi connectivity index (χ1) is 9.99. The summed E-state index contributed by atoms with van der Waals surface area (Å²) < 4.78 is 27.1. The minimum absolute atomic E-state index is 0.0191. The number of aliphatic hydroxyl groups is 1. The Hall–Kier alpha value is -1.78. The van der Waals surface area contributed by atoms with Gasteiger partial charge in [-0.15, -0.1) is 0 Å². The SMILES string of the molecule is Cc1cccc([C@H](C)NCC(O)c2c(F)cccc2F)c1. The van der Waals surface area contributed by atoms with Gasteiger partial charge in [0, 0.05) is 12.6 Å². The Morgan fingerprint density at radius 3 is 2.33 bits per heavy atom. The molecule has 0 heterocycles. The van der Waals surface area contributed by atoms with E-state index < -0.39 is 17.7 Å². The van der Waals surface area contributed by atoms with Gasteiger partial charge in [-0.25, -0.2) is 8.78 Å². The predicted molar refractivity (Wildman–Crippen MR) is 78.9 cm³/mol. The Bertz CT molecular complexity index is 595. The van der Waals surface area contributed by atoms with Crippen molar-refractivity contribution in [2.75, 3.05) is 6.54 Å². The molecule has 2 aromatic carbocycles. The van der Waals surface area contributed by atoms with Gasteiger partial charge in [0.2, 0.25) is 0 Å². The van der Waals surface area contributed by atoms with Crippen molar-refractivity contribution in [2.45, 2.75) is 26.0 Å². The molecule has 0 radical (unpaired) electrons. The Labute approximate surface area is 123 Å². The van der Waals surface area contributed by atoms with Crippen LogP contribution < -0.4 is 5.32 Å². The molecule has 0 aromatic heterocycles. The molecule has 2 nitrogen and oxygen atoms in total. The number of benzene rings is 2. The van der Waals surface area contributed by atoms with E-state index in [4.69, 9.17) is 0 Å². The lowest BCUT2D eigenvalue weighted by molar-refractivity contribution is 0.161. The van der Waals surface area contributed by atoms with Crippen molar-refractivity contribution in [3.05, 3.63) is 70.8 Å². The Morgan fingerprint density at radius 1 is 1.10 bits per heavy atom. The van der Waals surface area contributed by atoms with Gasteiger partial charge in [-0.05, 0) is 31.5 Å². The topological polar surface area (TPSA) is 32.3 Å². The van der Waals surface area contributed by atoms with Crippen molar-refractivity contribution in [3.63, 3.8) is 0 Å². The van der Waals surface area contributed by atoms with Gasteiger partial charge in [0.1, 0.15) is 11.6 Å². The van der Waals surface area contributed by atoms with E-state index in [-0.39, 0.29) is 18.2 Å². The number of hydrogen-bond donors (Lipinski definition) is 2. The van der Waals surface area contributed by atoms with E-state index in [1.54, 1.807) is 0 Å². The summed E-state index contributed by atoms with van der Waals surface area (Å²) in [6.07, 6.45) is -1.22. The minimum Gasteiger partial charge on any atom is -0.387 e. The van der Waals surface area contributed by atoms with Crippen LogP contribution in [0.4, 0.5) is 8.78 Å². The average molecular weight is 291 g/mol. The molecule has 0 aliphatic heterocycles. The molecular weight excluding hydrogens is 272 g/mol. The smallest absolute Gasteiger partial charge is 0.131 e. The van der Waals surface area contributed by atoms with Crippen LogP contribution in [0.5, 0.6) is 0 Å². The molecule has 0 saturated heterocycles. The molecule has 0 aliphatic carbocycles. The van der Waals surface area contributed by atoms with Gasteiger partial charge in [-0.3, -0.25) is 0 Å². The molecule has 2 aromatic rings. The van der Waals surface area contributed by atoms with Crippen molar-refractivity contribution in [2.24, 2.45) is 0 Å². The van der Waals surface area contributed by atoms with Gasteiger partial charge >= 0.3 is 0 Å². The molecule has 0 fully saturated rings. The summed E-state index contributed by atoms with van der Waals surface area (Å²) in [4.78, 5) is 0. The highest BCUT2D eigenvalue weighted by Crippen LogP contribution is 2.21. The quantitative estimate of drug-likeness (QED) is 0.881. The third-order valence-electron chi connectivity index (χ3n) is 3.49. The number of hydrogen-bond acceptors (Lipinski definition) is 2. The number of rotatable bonds is 5. The molecule has 112 valence electrons. The number of aliphatic hydroxyl groups excluding tert-OH is 1. The van der Waals surface area contributed by atoms with Crippen LogP contribution in [0.1, 0.15) is 35.8 Å². The van der Waals surface area contributed by atoms with Gasteiger partial charge < -0.3 is 10.4 Å². The van der Waals surface area contributed by atoms with Crippen LogP contribution in [0.2, 0.25) is 0 Å². The van der Waals surface area contributed by atoms with Crippen LogP contribution in [0.15, 0.2) is 42.5 Å². The molecule has 2 atom stereocenters. The Balaban J connectivity index is 2.02. The van der Waals surface area contributed by atoms with E-state index in [1.807, 2.05) is 38.1 Å². The fourth-order valence-corrected chi connectivity index (χ4v) is 2.28. The van der Waals surface area contributed by atoms with Crippen LogP contribution in [-0.4, -0.2) is 11.7 Å². The standard InChI is InChI=1S/C17H19F2NO/c1-11-5-3-6-13(9-11)12(2)20-10-16(21)17-14(18)7-4-8-15(17)19/h3-9,12,16,20-21H,10H2,1-2H3/t12-,16?/m0/s1. The third kappa shape index (κ3) is 3.86. The van der Waals surface area contributed by atoms with Crippen LogP contribution >= 0.6 is 0 Å². The molecule has 2 N–H and O–H groups in total. The maximum Gasteiger partial charge on any atom is 0.131 e. The number of aryl methyl sites for hydroxylation is 1. The van der Waals surface area contributed by atoms with Crippen molar-refractivity contribution < 1.29 is 13.9 Å². The van der Waals surface area contributed by atoms with Crippen molar-refractivity contribution >= 4 is 0 Å². The summed E-state index contributed by atoms with van der Waals surface area (Å²) >= 11 is 0. The lowest BCUT2D eigenvalue weighted by atomic mass is 10.0. The van der Waals surface area contributed by atoms with Gasteiger partial charge in [0.05, 0.1) is 11.7 Å². The van der Waals surface area contributed by atoms with Gasteiger partial charge in [0.15, 0.2) is 0 Å². The third-order valence-corrected chi connectivity index (χ3v) is 3.49. The van der Waals surface area contributed by atoms with Crippen LogP contribution in [-0.2, 0) is 0 Å². The fraction of sp³-hybridized carbons (Fsp3) is 0.294. The molecule has 0 bridgehead atoms. The second-order valence-corrected chi connectivity index (χ2v) is 5.20. The maximum absolute atomic E-state index is 13.6. The Morgan fingerprint density at radius 2 is 1.71 bits per heavy atom. The molecule has 0 amide bonds. The number of nitrogens with one attached hydrogen (secondary N) is 1. The van der Waals surface area contributed by atoms with Gasteiger partial charge in [0.25, 0.3) is 0 Å². The summed E-state index contributed by atoms with van der Waals surface area (Å²) in [6, 6.07) is 11.5. The summed E-state index contributed by atoms with van der Waals surface area (Å²) in [5, 5.41) is 13.1. The van der Waals surface area contributed by atoms with Gasteiger partial charge in [-0.2, -0.15) is 0 Å². The van der Waals surface area contributed by atoms with Crippen molar-refractivity contribution in [3.8, 4) is 0 Å². The first kappa shape index (κ1) is 15.6. The molecule has 0 spiro atoms. The monoisotopic (exact) mass is 291 g/mol. The fourth-order valence-electron chi connectivity index (χ4n) is 2.28. The largest absolute Gasteiger partial charge is 0.387 e. The number of halogens is 2. The van der Waals surface area contributed by atoms with E-state index in [1.165, 1.54) is 6.07 Å². The van der Waals surface area contributed by atoms with Crippen molar-refractivity contribution in [1.82, 2.24) is 5.32 Å². The van der Waals surface area contributed by atoms with E-state index in [0.717, 1.165) is 23.3 Å². The summed E-state index contributed by atoms with van der Waals surface area (Å²) in [5.74, 6) is -1.46. The lowest BCUT2D eigenvalue weighted by Gasteiger charge is -2.19. The second-order valence-electron chi connectivity index (χ2n) is 5.20. The second kappa shape index (κ2) is 6.78. The van der Waals surface area contributed by atoms with Crippen LogP contribution in [0, 0.1) is 18.6 Å². The summed E-state index contributed by atoms with van der Waals surface area (Å²) in [6.45, 7) is 4.02. The minimum atomic E-state index is -1.22.